The predicted molar refractivity (Wildman–Crippen MR) is 69.8 cm³/mol. The Morgan fingerprint density at radius 3 is 2.89 bits per heavy atom. The van der Waals surface area contributed by atoms with Gasteiger partial charge >= 0.3 is 5.97 Å². The molecule has 0 aliphatic heterocycles. The SMILES string of the molecule is O=C(O)c1cnc(-c2ccc3ncccc3c2)s1. The second-order valence-corrected chi connectivity index (χ2v) is 4.78. The molecule has 1 aromatic carbocycles. The number of carboxylic acids is 1. The maximum Gasteiger partial charge on any atom is 0.347 e. The molecule has 0 bridgehead atoms. The number of nitrogens with zero attached hydrogens (tertiary/aromatic N) is 2. The van der Waals surface area contributed by atoms with E-state index in [1.165, 1.54) is 17.5 Å². The second-order valence-electron chi connectivity index (χ2n) is 3.75. The van der Waals surface area contributed by atoms with E-state index < -0.39 is 5.97 Å². The quantitative estimate of drug-likeness (QED) is 0.765. The molecule has 0 spiro atoms. The third-order valence-electron chi connectivity index (χ3n) is 2.57. The van der Waals surface area contributed by atoms with E-state index in [1.807, 2.05) is 30.3 Å². The fraction of sp³-hybridized carbons (Fsp3) is 0. The Bertz CT molecular complexity index is 736. The number of pyridine rings is 1. The summed E-state index contributed by atoms with van der Waals surface area (Å²) in [6, 6.07) is 9.62. The molecule has 1 N–H and O–H groups in total. The van der Waals surface area contributed by atoms with Gasteiger partial charge in [-0.3, -0.25) is 4.98 Å². The molecule has 2 heterocycles. The molecule has 0 aliphatic carbocycles. The molecule has 3 aromatic rings. The van der Waals surface area contributed by atoms with Crippen LogP contribution < -0.4 is 0 Å². The van der Waals surface area contributed by atoms with E-state index in [2.05, 4.69) is 9.97 Å². The number of carbonyl (C=O) groups is 1. The van der Waals surface area contributed by atoms with Crippen molar-refractivity contribution in [2.75, 3.05) is 0 Å². The first kappa shape index (κ1) is 10.9. The van der Waals surface area contributed by atoms with E-state index in [1.54, 1.807) is 6.20 Å². The lowest BCUT2D eigenvalue weighted by atomic mass is 10.1. The van der Waals surface area contributed by atoms with Crippen molar-refractivity contribution in [1.82, 2.24) is 9.97 Å². The molecule has 0 amide bonds. The van der Waals surface area contributed by atoms with Crippen LogP contribution in [-0.4, -0.2) is 21.0 Å². The molecule has 0 saturated carbocycles. The van der Waals surface area contributed by atoms with Crippen molar-refractivity contribution in [1.29, 1.82) is 0 Å². The number of rotatable bonds is 2. The third kappa shape index (κ3) is 1.84. The summed E-state index contributed by atoms with van der Waals surface area (Å²) in [5, 5.41) is 10.6. The fourth-order valence-electron chi connectivity index (χ4n) is 1.72. The Morgan fingerprint density at radius 1 is 1.22 bits per heavy atom. The van der Waals surface area contributed by atoms with Crippen LogP contribution in [0.3, 0.4) is 0 Å². The lowest BCUT2D eigenvalue weighted by Crippen LogP contribution is -1.89. The smallest absolute Gasteiger partial charge is 0.347 e. The van der Waals surface area contributed by atoms with E-state index in [0.29, 0.717) is 5.01 Å². The highest BCUT2D eigenvalue weighted by Crippen LogP contribution is 2.27. The maximum atomic E-state index is 10.8. The highest BCUT2D eigenvalue weighted by Gasteiger charge is 2.10. The van der Waals surface area contributed by atoms with Crippen LogP contribution in [0.2, 0.25) is 0 Å². The van der Waals surface area contributed by atoms with Crippen LogP contribution in [0.5, 0.6) is 0 Å². The van der Waals surface area contributed by atoms with Crippen molar-refractivity contribution >= 4 is 28.2 Å². The molecule has 0 aliphatic rings. The Hall–Kier alpha value is -2.27. The first-order valence-corrected chi connectivity index (χ1v) is 6.10. The zero-order valence-corrected chi connectivity index (χ0v) is 10.0. The summed E-state index contributed by atoms with van der Waals surface area (Å²) in [6.45, 7) is 0. The number of hydrogen-bond donors (Lipinski definition) is 1. The normalized spacial score (nSPS) is 10.7. The summed E-state index contributed by atoms with van der Waals surface area (Å²) in [6.07, 6.45) is 3.13. The van der Waals surface area contributed by atoms with Crippen LogP contribution in [-0.2, 0) is 0 Å². The minimum Gasteiger partial charge on any atom is -0.477 e. The van der Waals surface area contributed by atoms with Crippen LogP contribution in [0, 0.1) is 0 Å². The Morgan fingerprint density at radius 2 is 2.11 bits per heavy atom. The number of carboxylic acid groups (broad SMARTS) is 1. The van der Waals surface area contributed by atoms with Gasteiger partial charge in [-0.05, 0) is 24.3 Å². The van der Waals surface area contributed by atoms with Crippen molar-refractivity contribution < 1.29 is 9.90 Å². The molecule has 4 nitrogen and oxygen atoms in total. The number of fused-ring (bicyclic) bond motifs is 1. The van der Waals surface area contributed by atoms with Crippen molar-refractivity contribution in [3.63, 3.8) is 0 Å². The van der Waals surface area contributed by atoms with Gasteiger partial charge in [-0.25, -0.2) is 9.78 Å². The molecule has 0 radical (unpaired) electrons. The zero-order chi connectivity index (χ0) is 12.5. The van der Waals surface area contributed by atoms with Gasteiger partial charge in [0.1, 0.15) is 9.88 Å². The minimum atomic E-state index is -0.943. The van der Waals surface area contributed by atoms with Gasteiger partial charge in [0, 0.05) is 17.1 Å². The molecular weight excluding hydrogens is 248 g/mol. The highest BCUT2D eigenvalue weighted by atomic mass is 32.1. The number of benzene rings is 1. The standard InChI is InChI=1S/C13H8N2O2S/c16-13(17)11-7-15-12(18-11)9-3-4-10-8(6-9)2-1-5-14-10/h1-7H,(H,16,17). The molecule has 0 atom stereocenters. The van der Waals surface area contributed by atoms with E-state index >= 15 is 0 Å². The summed E-state index contributed by atoms with van der Waals surface area (Å²) >= 11 is 1.17. The molecule has 18 heavy (non-hydrogen) atoms. The van der Waals surface area contributed by atoms with Crippen LogP contribution in [0.4, 0.5) is 0 Å². The lowest BCUT2D eigenvalue weighted by molar-refractivity contribution is 0.0702. The summed E-state index contributed by atoms with van der Waals surface area (Å²) in [5.74, 6) is -0.943. The molecule has 2 aromatic heterocycles. The topological polar surface area (TPSA) is 63.1 Å². The van der Waals surface area contributed by atoms with Crippen molar-refractivity contribution in [2.24, 2.45) is 0 Å². The average molecular weight is 256 g/mol. The molecule has 0 saturated heterocycles. The second kappa shape index (κ2) is 4.19. The van der Waals surface area contributed by atoms with Crippen LogP contribution in [0.25, 0.3) is 21.5 Å². The van der Waals surface area contributed by atoms with Crippen LogP contribution in [0.15, 0.2) is 42.7 Å². The third-order valence-corrected chi connectivity index (χ3v) is 3.60. The number of aromatic carboxylic acids is 1. The minimum absolute atomic E-state index is 0.247. The Labute approximate surface area is 107 Å². The number of aromatic nitrogens is 2. The van der Waals surface area contributed by atoms with Gasteiger partial charge in [0.05, 0.1) is 11.7 Å². The summed E-state index contributed by atoms with van der Waals surface area (Å²) in [4.78, 5) is 19.4. The van der Waals surface area contributed by atoms with Gasteiger partial charge in [-0.2, -0.15) is 0 Å². The number of thiazole rings is 1. The summed E-state index contributed by atoms with van der Waals surface area (Å²) < 4.78 is 0. The van der Waals surface area contributed by atoms with E-state index in [4.69, 9.17) is 5.11 Å². The van der Waals surface area contributed by atoms with Gasteiger partial charge < -0.3 is 5.11 Å². The molecule has 3 rings (SSSR count). The highest BCUT2D eigenvalue weighted by molar-refractivity contribution is 7.16. The lowest BCUT2D eigenvalue weighted by Gasteiger charge is -1.99. The molecular formula is C13H8N2O2S. The van der Waals surface area contributed by atoms with Crippen LogP contribution >= 0.6 is 11.3 Å². The number of hydrogen-bond acceptors (Lipinski definition) is 4. The fourth-order valence-corrected chi connectivity index (χ4v) is 2.47. The van der Waals surface area contributed by atoms with E-state index in [9.17, 15) is 4.79 Å². The van der Waals surface area contributed by atoms with Gasteiger partial charge in [-0.15, -0.1) is 11.3 Å². The molecule has 0 unspecified atom stereocenters. The first-order valence-electron chi connectivity index (χ1n) is 5.28. The van der Waals surface area contributed by atoms with Crippen molar-refractivity contribution in [3.8, 4) is 10.6 Å². The predicted octanol–water partition coefficient (Wildman–Crippen LogP) is 3.06. The van der Waals surface area contributed by atoms with Crippen molar-refractivity contribution in [2.45, 2.75) is 0 Å². The van der Waals surface area contributed by atoms with Crippen LogP contribution in [0.1, 0.15) is 9.67 Å². The largest absolute Gasteiger partial charge is 0.477 e. The summed E-state index contributed by atoms with van der Waals surface area (Å²) in [5.41, 5.74) is 1.82. The molecule has 0 fully saturated rings. The Kier molecular flexibility index (Phi) is 2.53. The average Bonchev–Trinajstić information content (AvgIpc) is 2.88. The molecule has 5 heteroatoms. The summed E-state index contributed by atoms with van der Waals surface area (Å²) in [7, 11) is 0. The van der Waals surface area contributed by atoms with Gasteiger partial charge in [0.2, 0.25) is 0 Å². The van der Waals surface area contributed by atoms with Gasteiger partial charge in [0.25, 0.3) is 0 Å². The van der Waals surface area contributed by atoms with Gasteiger partial charge in [-0.1, -0.05) is 6.07 Å². The van der Waals surface area contributed by atoms with E-state index in [0.717, 1.165) is 16.5 Å². The van der Waals surface area contributed by atoms with E-state index in [-0.39, 0.29) is 4.88 Å². The Balaban J connectivity index is 2.10. The first-order chi connectivity index (χ1) is 8.74. The monoisotopic (exact) mass is 256 g/mol. The maximum absolute atomic E-state index is 10.8. The zero-order valence-electron chi connectivity index (χ0n) is 9.20. The van der Waals surface area contributed by atoms with Crippen molar-refractivity contribution in [3.05, 3.63) is 47.6 Å². The molecule has 88 valence electrons. The van der Waals surface area contributed by atoms with Gasteiger partial charge in [0.15, 0.2) is 0 Å².